The first-order valence-corrected chi connectivity index (χ1v) is 11.6. The van der Waals surface area contributed by atoms with Crippen LogP contribution >= 0.6 is 0 Å². The van der Waals surface area contributed by atoms with Crippen LogP contribution in [-0.2, 0) is 12.8 Å². The quantitative estimate of drug-likeness (QED) is 0.314. The highest BCUT2D eigenvalue weighted by Crippen LogP contribution is 2.33. The van der Waals surface area contributed by atoms with Crippen molar-refractivity contribution in [1.29, 1.82) is 5.26 Å². The second-order valence-corrected chi connectivity index (χ2v) is 8.62. The van der Waals surface area contributed by atoms with E-state index in [2.05, 4.69) is 26.7 Å². The molecular formula is C28H22N6O. The molecule has 0 amide bonds. The number of nitriles is 1. The molecule has 7 nitrogen and oxygen atoms in total. The predicted octanol–water partition coefficient (Wildman–Crippen LogP) is 6.40. The van der Waals surface area contributed by atoms with E-state index in [0.717, 1.165) is 64.3 Å². The van der Waals surface area contributed by atoms with Gasteiger partial charge in [0.15, 0.2) is 5.58 Å². The Morgan fingerprint density at radius 2 is 1.80 bits per heavy atom. The predicted molar refractivity (Wildman–Crippen MR) is 136 cm³/mol. The Kier molecular flexibility index (Phi) is 5.32. The first-order valence-electron chi connectivity index (χ1n) is 11.6. The number of aryl methyl sites for hydroxylation is 1. The molecule has 3 heterocycles. The number of rotatable bonds is 5. The number of fused-ring (bicyclic) bond motifs is 2. The summed E-state index contributed by atoms with van der Waals surface area (Å²) in [6.07, 6.45) is 7.76. The maximum absolute atomic E-state index is 9.39. The van der Waals surface area contributed by atoms with Gasteiger partial charge >= 0.3 is 0 Å². The van der Waals surface area contributed by atoms with Crippen molar-refractivity contribution >= 4 is 33.8 Å². The Balaban J connectivity index is 1.27. The van der Waals surface area contributed by atoms with Gasteiger partial charge in [-0.3, -0.25) is 9.97 Å². The number of anilines is 4. The van der Waals surface area contributed by atoms with Crippen LogP contribution in [0.4, 0.5) is 22.7 Å². The van der Waals surface area contributed by atoms with Gasteiger partial charge in [-0.2, -0.15) is 5.26 Å². The Labute approximate surface area is 202 Å². The average Bonchev–Trinajstić information content (AvgIpc) is 3.33. The zero-order chi connectivity index (χ0) is 23.6. The van der Waals surface area contributed by atoms with Gasteiger partial charge in [0.05, 0.1) is 12.0 Å². The minimum Gasteiger partial charge on any atom is -0.436 e. The first kappa shape index (κ1) is 20.9. The molecule has 1 atom stereocenters. The lowest BCUT2D eigenvalue weighted by Gasteiger charge is -2.22. The summed E-state index contributed by atoms with van der Waals surface area (Å²) in [6, 6.07) is 22.1. The van der Waals surface area contributed by atoms with Crippen LogP contribution < -0.4 is 10.6 Å². The van der Waals surface area contributed by atoms with E-state index in [9.17, 15) is 5.26 Å². The summed E-state index contributed by atoms with van der Waals surface area (Å²) in [7, 11) is 0. The van der Waals surface area contributed by atoms with E-state index in [0.29, 0.717) is 11.5 Å². The Morgan fingerprint density at radius 1 is 0.914 bits per heavy atom. The van der Waals surface area contributed by atoms with Crippen molar-refractivity contribution in [2.45, 2.75) is 19.3 Å². The molecule has 0 radical (unpaired) electrons. The summed E-state index contributed by atoms with van der Waals surface area (Å²) < 4.78 is 6.14. The zero-order valence-electron chi connectivity index (χ0n) is 18.9. The molecule has 2 N–H and O–H groups in total. The number of aromatic nitrogens is 3. The first-order chi connectivity index (χ1) is 17.2. The molecule has 5 aromatic rings. The van der Waals surface area contributed by atoms with Gasteiger partial charge in [0.25, 0.3) is 0 Å². The SMILES string of the molecule is N#CC1CCc2nccc(Nc3ccc4nc(-c5cccc(Nc6ccncc6)c5)oc4c3)c2C1. The van der Waals surface area contributed by atoms with Crippen LogP contribution in [-0.4, -0.2) is 15.0 Å². The summed E-state index contributed by atoms with van der Waals surface area (Å²) in [4.78, 5) is 13.3. The van der Waals surface area contributed by atoms with Gasteiger partial charge in [-0.05, 0) is 73.4 Å². The van der Waals surface area contributed by atoms with Crippen LogP contribution in [0.1, 0.15) is 17.7 Å². The van der Waals surface area contributed by atoms with Crippen molar-refractivity contribution in [3.05, 3.63) is 90.5 Å². The molecule has 0 fully saturated rings. The number of nitrogens with zero attached hydrogens (tertiary/aromatic N) is 4. The molecule has 1 aliphatic rings. The maximum atomic E-state index is 9.39. The molecule has 170 valence electrons. The van der Waals surface area contributed by atoms with Crippen molar-refractivity contribution in [1.82, 2.24) is 15.0 Å². The van der Waals surface area contributed by atoms with Gasteiger partial charge in [-0.25, -0.2) is 4.98 Å². The normalized spacial score (nSPS) is 14.8. The fourth-order valence-corrected chi connectivity index (χ4v) is 4.48. The monoisotopic (exact) mass is 458 g/mol. The smallest absolute Gasteiger partial charge is 0.227 e. The standard InChI is InChI=1S/C28H22N6O/c29-17-18-4-6-24-23(14-18)25(10-13-31-24)33-22-5-7-26-27(16-22)35-28(34-26)19-2-1-3-21(15-19)32-20-8-11-30-12-9-20/h1-3,5,7-13,15-16,18H,4,6,14H2,(H,30,32)(H,31,33). The van der Waals surface area contributed by atoms with Gasteiger partial charge in [0, 0.05) is 58.7 Å². The van der Waals surface area contributed by atoms with Crippen molar-refractivity contribution in [3.8, 4) is 17.5 Å². The number of hydrogen-bond donors (Lipinski definition) is 2. The second-order valence-electron chi connectivity index (χ2n) is 8.62. The molecule has 3 aromatic heterocycles. The van der Waals surface area contributed by atoms with E-state index in [4.69, 9.17) is 9.40 Å². The van der Waals surface area contributed by atoms with Gasteiger partial charge < -0.3 is 15.1 Å². The number of hydrogen-bond acceptors (Lipinski definition) is 7. The minimum absolute atomic E-state index is 0.0374. The summed E-state index contributed by atoms with van der Waals surface area (Å²) in [5, 5.41) is 16.3. The molecule has 1 aliphatic carbocycles. The molecule has 0 saturated heterocycles. The number of pyridine rings is 2. The van der Waals surface area contributed by atoms with E-state index < -0.39 is 0 Å². The van der Waals surface area contributed by atoms with E-state index in [1.165, 1.54) is 0 Å². The highest BCUT2D eigenvalue weighted by Gasteiger charge is 2.22. The molecule has 0 aliphatic heterocycles. The molecule has 35 heavy (non-hydrogen) atoms. The van der Waals surface area contributed by atoms with Crippen LogP contribution in [0.15, 0.2) is 83.7 Å². The lowest BCUT2D eigenvalue weighted by atomic mass is 9.86. The fourth-order valence-electron chi connectivity index (χ4n) is 4.48. The molecule has 1 unspecified atom stereocenters. The third-order valence-electron chi connectivity index (χ3n) is 6.25. The largest absolute Gasteiger partial charge is 0.436 e. The zero-order valence-corrected chi connectivity index (χ0v) is 18.9. The van der Waals surface area contributed by atoms with Crippen molar-refractivity contribution in [2.24, 2.45) is 5.92 Å². The molecular weight excluding hydrogens is 436 g/mol. The second kappa shape index (κ2) is 8.92. The molecule has 2 aromatic carbocycles. The van der Waals surface area contributed by atoms with E-state index in [-0.39, 0.29) is 5.92 Å². The third kappa shape index (κ3) is 4.30. The van der Waals surface area contributed by atoms with Crippen LogP contribution in [0.3, 0.4) is 0 Å². The van der Waals surface area contributed by atoms with Crippen molar-refractivity contribution in [2.75, 3.05) is 10.6 Å². The van der Waals surface area contributed by atoms with E-state index in [1.807, 2.05) is 66.9 Å². The van der Waals surface area contributed by atoms with Crippen molar-refractivity contribution < 1.29 is 4.42 Å². The minimum atomic E-state index is 0.0374. The number of oxazole rings is 1. The highest BCUT2D eigenvalue weighted by molar-refractivity contribution is 5.82. The Hall–Kier alpha value is -4.70. The molecule has 6 rings (SSSR count). The van der Waals surface area contributed by atoms with Crippen LogP contribution in [0, 0.1) is 17.2 Å². The lowest BCUT2D eigenvalue weighted by Crippen LogP contribution is -2.15. The molecule has 0 bridgehead atoms. The number of nitrogens with one attached hydrogen (secondary N) is 2. The Bertz CT molecular complexity index is 1550. The summed E-state index contributed by atoms with van der Waals surface area (Å²) >= 11 is 0. The van der Waals surface area contributed by atoms with Crippen molar-refractivity contribution in [3.63, 3.8) is 0 Å². The highest BCUT2D eigenvalue weighted by atomic mass is 16.3. The van der Waals surface area contributed by atoms with Crippen LogP contribution in [0.2, 0.25) is 0 Å². The number of benzene rings is 2. The maximum Gasteiger partial charge on any atom is 0.227 e. The van der Waals surface area contributed by atoms with Gasteiger partial charge in [-0.1, -0.05) is 6.07 Å². The van der Waals surface area contributed by atoms with E-state index >= 15 is 0 Å². The molecule has 0 saturated carbocycles. The lowest BCUT2D eigenvalue weighted by molar-refractivity contribution is 0.556. The summed E-state index contributed by atoms with van der Waals surface area (Å²) in [6.45, 7) is 0. The Morgan fingerprint density at radius 3 is 2.69 bits per heavy atom. The summed E-state index contributed by atoms with van der Waals surface area (Å²) in [5.41, 5.74) is 8.38. The fraction of sp³-hybridized carbons (Fsp3) is 0.143. The van der Waals surface area contributed by atoms with E-state index in [1.54, 1.807) is 12.4 Å². The molecule has 0 spiro atoms. The van der Waals surface area contributed by atoms with Crippen LogP contribution in [0.5, 0.6) is 0 Å². The average molecular weight is 459 g/mol. The topological polar surface area (TPSA) is 99.7 Å². The van der Waals surface area contributed by atoms with Gasteiger partial charge in [0.1, 0.15) is 5.52 Å². The molecule has 7 heteroatoms. The van der Waals surface area contributed by atoms with Crippen LogP contribution in [0.25, 0.3) is 22.6 Å². The summed E-state index contributed by atoms with van der Waals surface area (Å²) in [5.74, 6) is 0.601. The van der Waals surface area contributed by atoms with Gasteiger partial charge in [-0.15, -0.1) is 0 Å². The third-order valence-corrected chi connectivity index (χ3v) is 6.25. The van der Waals surface area contributed by atoms with Gasteiger partial charge in [0.2, 0.25) is 5.89 Å².